The molecule has 5 nitrogen and oxygen atoms in total. The second kappa shape index (κ2) is 4.94. The molecule has 0 radical (unpaired) electrons. The lowest BCUT2D eigenvalue weighted by Crippen LogP contribution is -2.08. The summed E-state index contributed by atoms with van der Waals surface area (Å²) in [6, 6.07) is 1.94. The van der Waals surface area contributed by atoms with Crippen LogP contribution in [0.1, 0.15) is 30.0 Å². The predicted molar refractivity (Wildman–Crippen MR) is 56.3 cm³/mol. The second-order valence-corrected chi connectivity index (χ2v) is 3.36. The van der Waals surface area contributed by atoms with Gasteiger partial charge in [-0.2, -0.15) is 5.26 Å². The van der Waals surface area contributed by atoms with Crippen LogP contribution in [0.4, 0.5) is 0 Å². The molecule has 0 saturated carbocycles. The second-order valence-electron chi connectivity index (χ2n) is 2.65. The summed E-state index contributed by atoms with van der Waals surface area (Å²) in [5.74, 6) is -0.568. The highest BCUT2D eigenvalue weighted by molar-refractivity contribution is 9.10. The van der Waals surface area contributed by atoms with E-state index in [4.69, 9.17) is 10.00 Å². The van der Waals surface area contributed by atoms with Gasteiger partial charge in [0.25, 0.3) is 0 Å². The lowest BCUT2D eigenvalue weighted by atomic mass is 10.3. The van der Waals surface area contributed by atoms with Crippen LogP contribution in [0.3, 0.4) is 0 Å². The first-order valence-corrected chi connectivity index (χ1v) is 5.28. The summed E-state index contributed by atoms with van der Waals surface area (Å²) >= 11 is 3.18. The lowest BCUT2D eigenvalue weighted by Gasteiger charge is -2.00. The number of esters is 1. The van der Waals surface area contributed by atoms with Gasteiger partial charge in [0.15, 0.2) is 16.1 Å². The third-order valence-electron chi connectivity index (χ3n) is 1.81. The molecule has 80 valence electrons. The van der Waals surface area contributed by atoms with Gasteiger partial charge in [0.05, 0.1) is 6.61 Å². The van der Waals surface area contributed by atoms with E-state index in [1.807, 2.05) is 13.0 Å². The van der Waals surface area contributed by atoms with E-state index >= 15 is 0 Å². The Bertz CT molecular complexity index is 420. The number of halogens is 1. The molecule has 1 rings (SSSR count). The van der Waals surface area contributed by atoms with Crippen molar-refractivity contribution in [1.82, 2.24) is 9.55 Å². The summed E-state index contributed by atoms with van der Waals surface area (Å²) in [7, 11) is 0. The average Bonchev–Trinajstić information content (AvgIpc) is 2.54. The summed E-state index contributed by atoms with van der Waals surface area (Å²) in [5, 5.41) is 8.92. The molecule has 0 atom stereocenters. The van der Waals surface area contributed by atoms with E-state index in [2.05, 4.69) is 20.9 Å². The number of hydrogen-bond acceptors (Lipinski definition) is 4. The molecule has 6 heteroatoms. The van der Waals surface area contributed by atoms with Crippen molar-refractivity contribution in [3.8, 4) is 6.07 Å². The molecule has 1 aromatic heterocycles. The highest BCUT2D eigenvalue weighted by atomic mass is 79.9. The van der Waals surface area contributed by atoms with Crippen LogP contribution in [0.15, 0.2) is 4.73 Å². The first-order valence-electron chi connectivity index (χ1n) is 4.48. The fraction of sp³-hybridized carbons (Fsp3) is 0.444. The van der Waals surface area contributed by atoms with Crippen LogP contribution in [0.2, 0.25) is 0 Å². The predicted octanol–water partition coefficient (Wildman–Crippen LogP) is 1.71. The Morgan fingerprint density at radius 1 is 1.67 bits per heavy atom. The molecule has 15 heavy (non-hydrogen) atoms. The van der Waals surface area contributed by atoms with E-state index in [1.54, 1.807) is 11.5 Å². The van der Waals surface area contributed by atoms with Gasteiger partial charge in [0, 0.05) is 6.54 Å². The molecule has 0 bridgehead atoms. The minimum absolute atomic E-state index is 0.0630. The third-order valence-corrected chi connectivity index (χ3v) is 2.42. The van der Waals surface area contributed by atoms with Gasteiger partial charge < -0.3 is 9.30 Å². The average molecular weight is 272 g/mol. The van der Waals surface area contributed by atoms with Crippen LogP contribution in [-0.4, -0.2) is 22.1 Å². The molecule has 0 N–H and O–H groups in total. The number of nitriles is 1. The van der Waals surface area contributed by atoms with Gasteiger partial charge in [-0.3, -0.25) is 0 Å². The third kappa shape index (κ3) is 2.18. The number of nitrogens with zero attached hydrogens (tertiary/aromatic N) is 3. The molecule has 0 amide bonds. The molecule has 0 aliphatic heterocycles. The minimum atomic E-state index is -0.568. The molecule has 0 fully saturated rings. The first kappa shape index (κ1) is 11.7. The quantitative estimate of drug-likeness (QED) is 0.785. The Balaban J connectivity index is 3.20. The number of imidazole rings is 1. The van der Waals surface area contributed by atoms with Crippen molar-refractivity contribution in [2.75, 3.05) is 6.61 Å². The summed E-state index contributed by atoms with van der Waals surface area (Å²) < 4.78 is 6.86. The van der Waals surface area contributed by atoms with Crippen LogP contribution in [0.25, 0.3) is 0 Å². The van der Waals surface area contributed by atoms with E-state index in [0.29, 0.717) is 11.3 Å². The maximum absolute atomic E-state index is 11.4. The summed E-state index contributed by atoms with van der Waals surface area (Å²) in [5.41, 5.74) is 0.288. The van der Waals surface area contributed by atoms with Crippen molar-refractivity contribution in [1.29, 1.82) is 5.26 Å². The van der Waals surface area contributed by atoms with Crippen molar-refractivity contribution >= 4 is 21.9 Å². The number of hydrogen-bond donors (Lipinski definition) is 0. The Kier molecular flexibility index (Phi) is 3.86. The van der Waals surface area contributed by atoms with Crippen molar-refractivity contribution < 1.29 is 9.53 Å². The number of aromatic nitrogens is 2. The van der Waals surface area contributed by atoms with Gasteiger partial charge in [-0.25, -0.2) is 9.78 Å². The molecular weight excluding hydrogens is 262 g/mol. The van der Waals surface area contributed by atoms with Crippen molar-refractivity contribution in [3.05, 3.63) is 16.1 Å². The van der Waals surface area contributed by atoms with Crippen molar-refractivity contribution in [2.45, 2.75) is 20.4 Å². The number of rotatable bonds is 3. The van der Waals surface area contributed by atoms with Crippen molar-refractivity contribution in [2.24, 2.45) is 0 Å². The van der Waals surface area contributed by atoms with Gasteiger partial charge in [0.1, 0.15) is 6.07 Å². The largest absolute Gasteiger partial charge is 0.461 e. The van der Waals surface area contributed by atoms with Crippen molar-refractivity contribution in [3.63, 3.8) is 0 Å². The van der Waals surface area contributed by atoms with Gasteiger partial charge in [-0.05, 0) is 29.8 Å². The summed E-state index contributed by atoms with van der Waals surface area (Å²) in [6.45, 7) is 4.40. The normalized spacial score (nSPS) is 9.73. The van der Waals surface area contributed by atoms with Crippen LogP contribution >= 0.6 is 15.9 Å². The maximum atomic E-state index is 11.4. The first-order chi connectivity index (χ1) is 7.15. The smallest absolute Gasteiger partial charge is 0.360 e. The molecule has 0 saturated heterocycles. The Hall–Kier alpha value is -1.35. The Morgan fingerprint density at radius 3 is 2.80 bits per heavy atom. The van der Waals surface area contributed by atoms with Crippen LogP contribution in [0.5, 0.6) is 0 Å². The fourth-order valence-corrected chi connectivity index (χ4v) is 1.77. The fourth-order valence-electron chi connectivity index (χ4n) is 1.17. The lowest BCUT2D eigenvalue weighted by molar-refractivity contribution is 0.0519. The van der Waals surface area contributed by atoms with E-state index < -0.39 is 5.97 Å². The molecule has 0 aliphatic carbocycles. The zero-order valence-electron chi connectivity index (χ0n) is 8.45. The van der Waals surface area contributed by atoms with Gasteiger partial charge in [0.2, 0.25) is 0 Å². The standard InChI is InChI=1S/C9H10BrN3O2/c1-3-13-6(5-11)7(12-9(13)10)8(14)15-4-2/h3-4H2,1-2H3. The zero-order valence-corrected chi connectivity index (χ0v) is 10.0. The molecule has 1 heterocycles. The van der Waals surface area contributed by atoms with Gasteiger partial charge in [-0.1, -0.05) is 0 Å². The zero-order chi connectivity index (χ0) is 11.4. The molecule has 0 unspecified atom stereocenters. The van der Waals surface area contributed by atoms with E-state index in [0.717, 1.165) is 0 Å². The number of carbonyl (C=O) groups is 1. The van der Waals surface area contributed by atoms with Gasteiger partial charge >= 0.3 is 5.97 Å². The highest BCUT2D eigenvalue weighted by Crippen LogP contribution is 2.17. The number of ether oxygens (including phenoxy) is 1. The van der Waals surface area contributed by atoms with Crippen LogP contribution < -0.4 is 0 Å². The molecule has 0 spiro atoms. The van der Waals surface area contributed by atoms with E-state index in [-0.39, 0.29) is 18.0 Å². The minimum Gasteiger partial charge on any atom is -0.461 e. The molecule has 0 aliphatic rings. The summed E-state index contributed by atoms with van der Waals surface area (Å²) in [4.78, 5) is 15.4. The van der Waals surface area contributed by atoms with Crippen LogP contribution in [-0.2, 0) is 11.3 Å². The Labute approximate surface area is 95.8 Å². The van der Waals surface area contributed by atoms with E-state index in [9.17, 15) is 4.79 Å². The molecule has 0 aromatic carbocycles. The maximum Gasteiger partial charge on any atom is 0.360 e. The SMILES string of the molecule is CCOC(=O)c1nc(Br)n(CC)c1C#N. The molecular formula is C9H10BrN3O2. The van der Waals surface area contributed by atoms with E-state index in [1.165, 1.54) is 0 Å². The highest BCUT2D eigenvalue weighted by Gasteiger charge is 2.21. The number of carbonyl (C=O) groups excluding carboxylic acids is 1. The van der Waals surface area contributed by atoms with Crippen LogP contribution in [0, 0.1) is 11.3 Å². The topological polar surface area (TPSA) is 67.9 Å². The van der Waals surface area contributed by atoms with Gasteiger partial charge in [-0.15, -0.1) is 0 Å². The Morgan fingerprint density at radius 2 is 2.33 bits per heavy atom. The summed E-state index contributed by atoms with van der Waals surface area (Å²) in [6.07, 6.45) is 0. The molecule has 1 aromatic rings. The monoisotopic (exact) mass is 271 g/mol.